The fourth-order valence-corrected chi connectivity index (χ4v) is 4.02. The number of aryl methyl sites for hydroxylation is 1. The molecule has 1 N–H and O–H groups in total. The second kappa shape index (κ2) is 10.4. The smallest absolute Gasteiger partial charge is 0.271 e. The summed E-state index contributed by atoms with van der Waals surface area (Å²) in [5.74, 6) is 0.128. The van der Waals surface area contributed by atoms with Crippen LogP contribution in [0.25, 0.3) is 0 Å². The van der Waals surface area contributed by atoms with Crippen LogP contribution in [-0.2, 0) is 10.0 Å². The lowest BCUT2D eigenvalue weighted by molar-refractivity contribution is 0.0955. The summed E-state index contributed by atoms with van der Waals surface area (Å²) in [5.41, 5.74) is 4.89. The van der Waals surface area contributed by atoms with Gasteiger partial charge in [-0.1, -0.05) is 17.7 Å². The molecule has 0 saturated carbocycles. The van der Waals surface area contributed by atoms with E-state index in [9.17, 15) is 13.2 Å². The van der Waals surface area contributed by atoms with Gasteiger partial charge in [0, 0.05) is 12.6 Å². The van der Waals surface area contributed by atoms with Crippen LogP contribution >= 0.6 is 0 Å². The average Bonchev–Trinajstić information content (AvgIpc) is 2.83. The topological polar surface area (TPSA) is 112 Å². The summed E-state index contributed by atoms with van der Waals surface area (Å²) in [6.45, 7) is 1.85. The third kappa shape index (κ3) is 5.96. The number of anilines is 1. The van der Waals surface area contributed by atoms with Crippen molar-refractivity contribution in [3.8, 4) is 11.8 Å². The summed E-state index contributed by atoms with van der Waals surface area (Å²) in [5, 5.41) is 12.4. The van der Waals surface area contributed by atoms with Crippen molar-refractivity contribution in [3.05, 3.63) is 89.5 Å². The summed E-state index contributed by atoms with van der Waals surface area (Å²) in [7, 11) is -2.25. The van der Waals surface area contributed by atoms with Crippen molar-refractivity contribution < 1.29 is 17.9 Å². The number of rotatable bonds is 8. The molecule has 0 heterocycles. The molecule has 0 aliphatic carbocycles. The first-order chi connectivity index (χ1) is 15.8. The number of amides is 1. The van der Waals surface area contributed by atoms with E-state index in [0.29, 0.717) is 17.0 Å². The zero-order chi connectivity index (χ0) is 23.8. The van der Waals surface area contributed by atoms with Crippen LogP contribution in [0.1, 0.15) is 21.5 Å². The summed E-state index contributed by atoms with van der Waals surface area (Å²) >= 11 is 0. The van der Waals surface area contributed by atoms with Crippen LogP contribution in [0.5, 0.6) is 5.75 Å². The monoisotopic (exact) mass is 462 g/mol. The van der Waals surface area contributed by atoms with Crippen LogP contribution in [-0.4, -0.2) is 34.2 Å². The number of hydrogen-bond donors (Lipinski definition) is 1. The number of nitrogens with zero attached hydrogens (tertiary/aromatic N) is 3. The van der Waals surface area contributed by atoms with E-state index in [1.807, 2.05) is 13.0 Å². The lowest BCUT2D eigenvalue weighted by atomic mass is 10.2. The molecule has 0 saturated heterocycles. The molecule has 3 aromatic carbocycles. The van der Waals surface area contributed by atoms with Crippen LogP contribution in [0.2, 0.25) is 0 Å². The lowest BCUT2D eigenvalue weighted by Gasteiger charge is -2.19. The second-order valence-electron chi connectivity index (χ2n) is 7.05. The number of sulfonamides is 1. The summed E-state index contributed by atoms with van der Waals surface area (Å²) in [6.07, 6.45) is 1.47. The molecule has 0 fully saturated rings. The molecule has 8 nitrogen and oxygen atoms in total. The highest BCUT2D eigenvalue weighted by Crippen LogP contribution is 2.22. The summed E-state index contributed by atoms with van der Waals surface area (Å²) < 4.78 is 32.0. The number of carbonyl (C=O) groups is 1. The molecule has 0 aliphatic heterocycles. The third-order valence-corrected chi connectivity index (χ3v) is 6.54. The molecular formula is C24H22N4O4S. The molecule has 168 valence electrons. The number of carbonyl (C=O) groups excluding carboxylic acids is 1. The van der Waals surface area contributed by atoms with Crippen molar-refractivity contribution in [2.45, 2.75) is 11.8 Å². The summed E-state index contributed by atoms with van der Waals surface area (Å²) in [6, 6.07) is 21.5. The van der Waals surface area contributed by atoms with E-state index in [1.54, 1.807) is 60.7 Å². The van der Waals surface area contributed by atoms with Gasteiger partial charge < -0.3 is 4.74 Å². The van der Waals surface area contributed by atoms with Gasteiger partial charge in [0.2, 0.25) is 0 Å². The molecule has 0 aromatic heterocycles. The highest BCUT2D eigenvalue weighted by atomic mass is 32.2. The van der Waals surface area contributed by atoms with Gasteiger partial charge in [0.05, 0.1) is 16.8 Å². The zero-order valence-electron chi connectivity index (χ0n) is 18.1. The molecule has 0 radical (unpaired) electrons. The van der Waals surface area contributed by atoms with E-state index in [-0.39, 0.29) is 11.5 Å². The number of hydrazone groups is 1. The Bertz CT molecular complexity index is 1280. The minimum atomic E-state index is -3.71. The van der Waals surface area contributed by atoms with Gasteiger partial charge in [0.25, 0.3) is 15.9 Å². The van der Waals surface area contributed by atoms with Crippen molar-refractivity contribution >= 4 is 27.8 Å². The van der Waals surface area contributed by atoms with Crippen LogP contribution in [0, 0.1) is 18.3 Å². The van der Waals surface area contributed by atoms with E-state index in [0.717, 1.165) is 11.1 Å². The molecular weight excluding hydrogens is 440 g/mol. The third-order valence-electron chi connectivity index (χ3n) is 4.74. The first kappa shape index (κ1) is 23.5. The Kier molecular flexibility index (Phi) is 7.43. The van der Waals surface area contributed by atoms with E-state index in [4.69, 9.17) is 10.00 Å². The van der Waals surface area contributed by atoms with E-state index in [1.165, 1.54) is 29.7 Å². The van der Waals surface area contributed by atoms with Gasteiger partial charge in [0.15, 0.2) is 6.61 Å². The first-order valence-corrected chi connectivity index (χ1v) is 11.3. The van der Waals surface area contributed by atoms with Gasteiger partial charge in [-0.3, -0.25) is 9.10 Å². The molecule has 0 aliphatic rings. The average molecular weight is 463 g/mol. The molecule has 9 heteroatoms. The highest BCUT2D eigenvalue weighted by Gasteiger charge is 2.21. The van der Waals surface area contributed by atoms with Crippen molar-refractivity contribution in [1.29, 1.82) is 5.26 Å². The van der Waals surface area contributed by atoms with Crippen molar-refractivity contribution in [2.75, 3.05) is 18.0 Å². The predicted octanol–water partition coefficient (Wildman–Crippen LogP) is 3.49. The van der Waals surface area contributed by atoms with E-state index >= 15 is 0 Å². The lowest BCUT2D eigenvalue weighted by Crippen LogP contribution is -2.26. The van der Waals surface area contributed by atoms with Gasteiger partial charge in [0.1, 0.15) is 11.8 Å². The maximum atomic E-state index is 12.8. The predicted molar refractivity (Wildman–Crippen MR) is 126 cm³/mol. The van der Waals surface area contributed by atoms with Crippen LogP contribution in [0.3, 0.4) is 0 Å². The number of nitriles is 1. The van der Waals surface area contributed by atoms with Crippen molar-refractivity contribution in [2.24, 2.45) is 5.10 Å². The van der Waals surface area contributed by atoms with Gasteiger partial charge in [-0.05, 0) is 73.2 Å². The molecule has 0 bridgehead atoms. The maximum Gasteiger partial charge on any atom is 0.271 e. The van der Waals surface area contributed by atoms with Gasteiger partial charge in [-0.15, -0.1) is 0 Å². The molecule has 1 amide bonds. The molecule has 3 rings (SSSR count). The Morgan fingerprint density at radius 1 is 1.06 bits per heavy atom. The standard InChI is InChI=1S/C24H22N4O4S/c1-18-3-13-23(14-4-18)33(30,31)28(2)21-9-7-20(8-10-21)24(29)27-26-17-19-5-11-22(12-6-19)32-16-15-25/h3-14,17H,16H2,1-2H3,(H,27,29)/b26-17-. The number of benzene rings is 3. The SMILES string of the molecule is Cc1ccc(S(=O)(=O)N(C)c2ccc(C(=O)N/N=C\c3ccc(OCC#N)cc3)cc2)cc1. The Hall–Kier alpha value is -4.16. The number of nitrogens with one attached hydrogen (secondary N) is 1. The Balaban J connectivity index is 1.62. The fourth-order valence-electron chi connectivity index (χ4n) is 2.83. The normalized spacial score (nSPS) is 11.1. The van der Waals surface area contributed by atoms with Gasteiger partial charge >= 0.3 is 0 Å². The van der Waals surface area contributed by atoms with E-state index < -0.39 is 15.9 Å². The van der Waals surface area contributed by atoms with Gasteiger partial charge in [-0.2, -0.15) is 10.4 Å². The highest BCUT2D eigenvalue weighted by molar-refractivity contribution is 7.92. The van der Waals surface area contributed by atoms with E-state index in [2.05, 4.69) is 10.5 Å². The largest absolute Gasteiger partial charge is 0.479 e. The molecule has 3 aromatic rings. The van der Waals surface area contributed by atoms with Crippen molar-refractivity contribution in [3.63, 3.8) is 0 Å². The van der Waals surface area contributed by atoms with Crippen LogP contribution < -0.4 is 14.5 Å². The van der Waals surface area contributed by atoms with Crippen LogP contribution in [0.4, 0.5) is 5.69 Å². The van der Waals surface area contributed by atoms with Gasteiger partial charge in [-0.25, -0.2) is 13.8 Å². The number of hydrogen-bond acceptors (Lipinski definition) is 6. The van der Waals surface area contributed by atoms with Crippen LogP contribution in [0.15, 0.2) is 82.8 Å². The minimum absolute atomic E-state index is 0.0318. The quantitative estimate of drug-likeness (QED) is 0.407. The minimum Gasteiger partial charge on any atom is -0.479 e. The maximum absolute atomic E-state index is 12.8. The summed E-state index contributed by atoms with van der Waals surface area (Å²) in [4.78, 5) is 12.5. The Morgan fingerprint density at radius 2 is 1.70 bits per heavy atom. The first-order valence-electron chi connectivity index (χ1n) is 9.90. The Labute approximate surface area is 192 Å². The Morgan fingerprint density at radius 3 is 2.30 bits per heavy atom. The fraction of sp³-hybridized carbons (Fsp3) is 0.125. The molecule has 33 heavy (non-hydrogen) atoms. The second-order valence-corrected chi connectivity index (χ2v) is 9.02. The molecule has 0 spiro atoms. The molecule has 0 unspecified atom stereocenters. The zero-order valence-corrected chi connectivity index (χ0v) is 18.9. The molecule has 0 atom stereocenters. The van der Waals surface area contributed by atoms with Crippen molar-refractivity contribution in [1.82, 2.24) is 5.43 Å². The number of ether oxygens (including phenoxy) is 1.